The molecule has 5 nitrogen and oxygen atoms in total. The van der Waals surface area contributed by atoms with E-state index in [1.54, 1.807) is 0 Å². The number of para-hydroxylation sites is 1. The molecular weight excluding hydrogens is 276 g/mol. The fraction of sp³-hybridized carbons (Fsp3) is 0.353. The Bertz CT molecular complexity index is 822. The van der Waals surface area contributed by atoms with Crippen molar-refractivity contribution in [2.24, 2.45) is 0 Å². The van der Waals surface area contributed by atoms with Crippen molar-refractivity contribution in [1.29, 1.82) is 0 Å². The van der Waals surface area contributed by atoms with Crippen molar-refractivity contribution in [3.63, 3.8) is 0 Å². The van der Waals surface area contributed by atoms with Gasteiger partial charge in [0, 0.05) is 30.1 Å². The van der Waals surface area contributed by atoms with Crippen LogP contribution in [-0.4, -0.2) is 22.2 Å². The number of hydrogen-bond donors (Lipinski definition) is 0. The maximum absolute atomic E-state index is 5.37. The minimum atomic E-state index is 0.555. The molecule has 2 aromatic heterocycles. The maximum atomic E-state index is 5.37. The molecule has 1 aromatic carbocycles. The first-order valence-electron chi connectivity index (χ1n) is 7.61. The lowest BCUT2D eigenvalue weighted by Gasteiger charge is -2.18. The van der Waals surface area contributed by atoms with Gasteiger partial charge in [-0.2, -0.15) is 0 Å². The molecule has 0 amide bonds. The first kappa shape index (κ1) is 13.2. The number of hydrogen-bond acceptors (Lipinski definition) is 5. The van der Waals surface area contributed by atoms with Gasteiger partial charge in [-0.3, -0.25) is 0 Å². The Kier molecular flexibility index (Phi) is 3.06. The molecule has 0 spiro atoms. The van der Waals surface area contributed by atoms with E-state index in [1.165, 1.54) is 12.8 Å². The van der Waals surface area contributed by atoms with Gasteiger partial charge in [-0.05, 0) is 31.9 Å². The molecule has 22 heavy (non-hydrogen) atoms. The second-order valence-electron chi connectivity index (χ2n) is 5.98. The second kappa shape index (κ2) is 5.09. The summed E-state index contributed by atoms with van der Waals surface area (Å²) in [6.45, 7) is 2.69. The molecule has 0 bridgehead atoms. The summed E-state index contributed by atoms with van der Waals surface area (Å²) in [5.74, 6) is 2.48. The third-order valence-corrected chi connectivity index (χ3v) is 4.03. The summed E-state index contributed by atoms with van der Waals surface area (Å²) in [5.41, 5.74) is 2.77. The van der Waals surface area contributed by atoms with E-state index < -0.39 is 0 Å². The molecule has 112 valence electrons. The van der Waals surface area contributed by atoms with Crippen molar-refractivity contribution in [3.05, 3.63) is 47.5 Å². The van der Waals surface area contributed by atoms with Crippen LogP contribution in [0.25, 0.3) is 11.0 Å². The van der Waals surface area contributed by atoms with Gasteiger partial charge in [0.1, 0.15) is 17.3 Å². The van der Waals surface area contributed by atoms with Gasteiger partial charge in [0.2, 0.25) is 0 Å². The zero-order valence-corrected chi connectivity index (χ0v) is 12.8. The molecule has 0 saturated heterocycles. The Hall–Kier alpha value is -2.43. The average molecular weight is 294 g/mol. The quantitative estimate of drug-likeness (QED) is 0.737. The smallest absolute Gasteiger partial charge is 0.167 e. The SMILES string of the molecule is Cc1cc(N(C)Cc2noc3ccccc23)nc(C2CC2)n1. The third-order valence-electron chi connectivity index (χ3n) is 4.03. The number of aryl methyl sites for hydroxylation is 1. The Morgan fingerprint density at radius 1 is 1.23 bits per heavy atom. The maximum Gasteiger partial charge on any atom is 0.167 e. The van der Waals surface area contributed by atoms with Crippen molar-refractivity contribution in [3.8, 4) is 0 Å². The molecule has 4 rings (SSSR count). The molecule has 1 aliphatic rings. The zero-order chi connectivity index (χ0) is 15.1. The Morgan fingerprint density at radius 2 is 2.05 bits per heavy atom. The van der Waals surface area contributed by atoms with Crippen LogP contribution in [0.1, 0.15) is 36.0 Å². The molecule has 0 radical (unpaired) electrons. The topological polar surface area (TPSA) is 55.1 Å². The van der Waals surface area contributed by atoms with Crippen molar-refractivity contribution in [2.75, 3.05) is 11.9 Å². The zero-order valence-electron chi connectivity index (χ0n) is 12.8. The highest BCUT2D eigenvalue weighted by molar-refractivity contribution is 5.79. The molecule has 0 unspecified atom stereocenters. The van der Waals surface area contributed by atoms with Crippen molar-refractivity contribution >= 4 is 16.8 Å². The van der Waals surface area contributed by atoms with Crippen LogP contribution in [0.15, 0.2) is 34.9 Å². The minimum Gasteiger partial charge on any atom is -0.356 e. The summed E-state index contributed by atoms with van der Waals surface area (Å²) >= 11 is 0. The second-order valence-corrected chi connectivity index (χ2v) is 5.98. The van der Waals surface area contributed by atoms with Crippen LogP contribution in [0, 0.1) is 6.92 Å². The van der Waals surface area contributed by atoms with Crippen LogP contribution in [0.5, 0.6) is 0 Å². The number of anilines is 1. The number of benzene rings is 1. The van der Waals surface area contributed by atoms with Crippen molar-refractivity contribution in [2.45, 2.75) is 32.2 Å². The standard InChI is InChI=1S/C17H18N4O/c1-11-9-16(19-17(18-11)12-7-8-12)21(2)10-14-13-5-3-4-6-15(13)22-20-14/h3-6,9,12H,7-8,10H2,1-2H3. The van der Waals surface area contributed by atoms with E-state index >= 15 is 0 Å². The van der Waals surface area contributed by atoms with Crippen molar-refractivity contribution in [1.82, 2.24) is 15.1 Å². The van der Waals surface area contributed by atoms with E-state index in [-0.39, 0.29) is 0 Å². The monoisotopic (exact) mass is 294 g/mol. The van der Waals surface area contributed by atoms with E-state index in [9.17, 15) is 0 Å². The predicted octanol–water partition coefficient (Wildman–Crippen LogP) is 3.44. The van der Waals surface area contributed by atoms with E-state index in [2.05, 4.69) is 15.0 Å². The summed E-state index contributed by atoms with van der Waals surface area (Å²) in [7, 11) is 2.03. The molecule has 2 heterocycles. The molecule has 1 aliphatic carbocycles. The van der Waals surface area contributed by atoms with Gasteiger partial charge in [-0.15, -0.1) is 0 Å². The lowest BCUT2D eigenvalue weighted by atomic mass is 10.2. The summed E-state index contributed by atoms with van der Waals surface area (Å²) in [6.07, 6.45) is 2.42. The first-order valence-corrected chi connectivity index (χ1v) is 7.61. The highest BCUT2D eigenvalue weighted by Gasteiger charge is 2.27. The lowest BCUT2D eigenvalue weighted by molar-refractivity contribution is 0.445. The van der Waals surface area contributed by atoms with Gasteiger partial charge >= 0.3 is 0 Å². The van der Waals surface area contributed by atoms with Crippen LogP contribution in [0.4, 0.5) is 5.82 Å². The first-order chi connectivity index (χ1) is 10.7. The Morgan fingerprint density at radius 3 is 2.86 bits per heavy atom. The van der Waals surface area contributed by atoms with E-state index in [0.29, 0.717) is 12.5 Å². The number of fused-ring (bicyclic) bond motifs is 1. The molecule has 0 aliphatic heterocycles. The molecule has 1 saturated carbocycles. The number of aromatic nitrogens is 3. The normalized spacial score (nSPS) is 14.5. The summed E-state index contributed by atoms with van der Waals surface area (Å²) in [4.78, 5) is 11.4. The summed E-state index contributed by atoms with van der Waals surface area (Å²) in [6, 6.07) is 9.95. The predicted molar refractivity (Wildman–Crippen MR) is 84.9 cm³/mol. The Balaban J connectivity index is 1.63. The highest BCUT2D eigenvalue weighted by atomic mass is 16.5. The van der Waals surface area contributed by atoms with Crippen molar-refractivity contribution < 1.29 is 4.52 Å². The molecular formula is C17H18N4O. The lowest BCUT2D eigenvalue weighted by Crippen LogP contribution is -2.19. The fourth-order valence-corrected chi connectivity index (χ4v) is 2.65. The van der Waals surface area contributed by atoms with Crippen LogP contribution in [-0.2, 0) is 6.54 Å². The van der Waals surface area contributed by atoms with Gasteiger partial charge in [0.15, 0.2) is 5.58 Å². The van der Waals surface area contributed by atoms with Crippen LogP contribution in [0.3, 0.4) is 0 Å². The van der Waals surface area contributed by atoms with Gasteiger partial charge in [-0.25, -0.2) is 9.97 Å². The fourth-order valence-electron chi connectivity index (χ4n) is 2.65. The Labute approximate surface area is 129 Å². The molecule has 5 heteroatoms. The average Bonchev–Trinajstić information content (AvgIpc) is 3.30. The largest absolute Gasteiger partial charge is 0.356 e. The van der Waals surface area contributed by atoms with Gasteiger partial charge in [0.05, 0.1) is 6.54 Å². The van der Waals surface area contributed by atoms with E-state index in [0.717, 1.165) is 34.0 Å². The molecule has 0 atom stereocenters. The molecule has 3 aromatic rings. The third kappa shape index (κ3) is 2.43. The number of rotatable bonds is 4. The van der Waals surface area contributed by atoms with E-state index in [4.69, 9.17) is 9.51 Å². The van der Waals surface area contributed by atoms with Crippen LogP contribution in [0.2, 0.25) is 0 Å². The van der Waals surface area contributed by atoms with Gasteiger partial charge in [0.25, 0.3) is 0 Å². The molecule has 1 fully saturated rings. The minimum absolute atomic E-state index is 0.555. The van der Waals surface area contributed by atoms with Crippen LogP contribution < -0.4 is 4.90 Å². The van der Waals surface area contributed by atoms with E-state index in [1.807, 2.05) is 44.3 Å². The summed E-state index contributed by atoms with van der Waals surface area (Å²) in [5, 5.41) is 5.25. The van der Waals surface area contributed by atoms with Gasteiger partial charge in [-0.1, -0.05) is 17.3 Å². The highest BCUT2D eigenvalue weighted by Crippen LogP contribution is 2.38. The number of nitrogens with zero attached hydrogens (tertiary/aromatic N) is 4. The summed E-state index contributed by atoms with van der Waals surface area (Å²) < 4.78 is 5.37. The van der Waals surface area contributed by atoms with Crippen LogP contribution >= 0.6 is 0 Å². The molecule has 0 N–H and O–H groups in total. The van der Waals surface area contributed by atoms with Gasteiger partial charge < -0.3 is 9.42 Å².